The van der Waals surface area contributed by atoms with Crippen LogP contribution in [0.25, 0.3) is 0 Å². The Morgan fingerprint density at radius 1 is 1.21 bits per heavy atom. The van der Waals surface area contributed by atoms with E-state index in [1.54, 1.807) is 0 Å². The van der Waals surface area contributed by atoms with Gasteiger partial charge in [-0.1, -0.05) is 0 Å². The van der Waals surface area contributed by atoms with Gasteiger partial charge in [0, 0.05) is 50.4 Å². The standard InChI is InChI=1S/C21H26F5N5O2/c22-20(23)5-3-17(32)31(11-20)9-13(27)8-18(33)30-6-4-14-15(10-30)28-16(7-12-1-2-12)29-19(14)21(24,25)26/h12-13H,1-11,27H2/t13-/m0/s1. The van der Waals surface area contributed by atoms with E-state index in [1.165, 1.54) is 4.90 Å². The van der Waals surface area contributed by atoms with E-state index < -0.39 is 48.6 Å². The maximum absolute atomic E-state index is 13.6. The first-order valence-corrected chi connectivity index (χ1v) is 11.1. The van der Waals surface area contributed by atoms with Crippen molar-refractivity contribution >= 4 is 11.8 Å². The van der Waals surface area contributed by atoms with Crippen LogP contribution in [0.15, 0.2) is 0 Å². The molecule has 1 saturated carbocycles. The summed E-state index contributed by atoms with van der Waals surface area (Å²) in [5, 5.41) is 0. The molecule has 1 aliphatic carbocycles. The molecule has 12 heteroatoms. The van der Waals surface area contributed by atoms with E-state index in [0.717, 1.165) is 17.7 Å². The number of amides is 2. The lowest BCUT2D eigenvalue weighted by Gasteiger charge is -2.34. The number of rotatable bonds is 6. The summed E-state index contributed by atoms with van der Waals surface area (Å²) < 4.78 is 67.9. The lowest BCUT2D eigenvalue weighted by atomic mass is 10.0. The van der Waals surface area contributed by atoms with Crippen LogP contribution in [0, 0.1) is 5.92 Å². The SMILES string of the molecule is N[C@@H](CC(=O)N1CCc2c(nc(CC3CC3)nc2C(F)(F)F)C1)CN1CC(F)(F)CCC1=O. The Hall–Kier alpha value is -2.37. The van der Waals surface area contributed by atoms with Crippen LogP contribution in [0.5, 0.6) is 0 Å². The molecule has 0 unspecified atom stereocenters. The van der Waals surface area contributed by atoms with Gasteiger partial charge in [-0.25, -0.2) is 18.7 Å². The molecule has 33 heavy (non-hydrogen) atoms. The van der Waals surface area contributed by atoms with Crippen molar-refractivity contribution in [1.29, 1.82) is 0 Å². The van der Waals surface area contributed by atoms with Crippen LogP contribution in [0.2, 0.25) is 0 Å². The van der Waals surface area contributed by atoms with Crippen molar-refractivity contribution in [1.82, 2.24) is 19.8 Å². The van der Waals surface area contributed by atoms with Crippen molar-refractivity contribution in [2.45, 2.75) is 69.6 Å². The number of hydrogen-bond donors (Lipinski definition) is 1. The zero-order chi connectivity index (χ0) is 24.0. The highest BCUT2D eigenvalue weighted by Gasteiger charge is 2.41. The second-order valence-corrected chi connectivity index (χ2v) is 9.22. The third-order valence-corrected chi connectivity index (χ3v) is 6.27. The van der Waals surface area contributed by atoms with Crippen molar-refractivity contribution in [3.8, 4) is 0 Å². The second-order valence-electron chi connectivity index (χ2n) is 9.22. The van der Waals surface area contributed by atoms with Crippen LogP contribution in [0.3, 0.4) is 0 Å². The number of fused-ring (bicyclic) bond motifs is 1. The zero-order valence-electron chi connectivity index (χ0n) is 18.0. The molecule has 2 aliphatic heterocycles. The number of likely N-dealkylation sites (tertiary alicyclic amines) is 1. The molecular weight excluding hydrogens is 449 g/mol. The number of carbonyl (C=O) groups excluding carboxylic acids is 2. The van der Waals surface area contributed by atoms with Gasteiger partial charge in [-0.3, -0.25) is 9.59 Å². The normalized spacial score (nSPS) is 21.7. The first-order chi connectivity index (χ1) is 15.4. The number of halogens is 5. The van der Waals surface area contributed by atoms with Gasteiger partial charge in [0.2, 0.25) is 11.8 Å². The van der Waals surface area contributed by atoms with E-state index >= 15 is 0 Å². The van der Waals surface area contributed by atoms with Crippen molar-refractivity contribution in [2.24, 2.45) is 11.7 Å². The Kier molecular flexibility index (Phi) is 6.32. The van der Waals surface area contributed by atoms with Gasteiger partial charge in [0.05, 0.1) is 18.8 Å². The monoisotopic (exact) mass is 475 g/mol. The van der Waals surface area contributed by atoms with Crippen LogP contribution >= 0.6 is 0 Å². The lowest BCUT2D eigenvalue weighted by Crippen LogP contribution is -2.51. The molecule has 0 aromatic carbocycles. The molecule has 4 rings (SSSR count). The number of piperidine rings is 1. The molecule has 182 valence electrons. The first kappa shape index (κ1) is 23.8. The van der Waals surface area contributed by atoms with Crippen LogP contribution in [0.4, 0.5) is 22.0 Å². The van der Waals surface area contributed by atoms with E-state index in [0.29, 0.717) is 12.3 Å². The summed E-state index contributed by atoms with van der Waals surface area (Å²) in [4.78, 5) is 35.1. The average molecular weight is 475 g/mol. The van der Waals surface area contributed by atoms with Gasteiger partial charge in [0.1, 0.15) is 5.82 Å². The predicted molar refractivity (Wildman–Crippen MR) is 106 cm³/mol. The van der Waals surface area contributed by atoms with Crippen LogP contribution in [-0.2, 0) is 35.2 Å². The number of nitrogens with two attached hydrogens (primary N) is 1. The van der Waals surface area contributed by atoms with Crippen molar-refractivity contribution < 1.29 is 31.5 Å². The molecule has 7 nitrogen and oxygen atoms in total. The van der Waals surface area contributed by atoms with Crippen molar-refractivity contribution in [3.05, 3.63) is 22.8 Å². The van der Waals surface area contributed by atoms with Gasteiger partial charge in [-0.05, 0) is 25.2 Å². The Morgan fingerprint density at radius 3 is 2.61 bits per heavy atom. The molecule has 1 aromatic rings. The van der Waals surface area contributed by atoms with Crippen molar-refractivity contribution in [2.75, 3.05) is 19.6 Å². The maximum Gasteiger partial charge on any atom is 0.433 e. The highest BCUT2D eigenvalue weighted by atomic mass is 19.4. The molecule has 1 atom stereocenters. The van der Waals surface area contributed by atoms with Gasteiger partial charge in [-0.2, -0.15) is 13.2 Å². The second kappa shape index (κ2) is 8.77. The molecule has 0 radical (unpaired) electrons. The fourth-order valence-corrected chi connectivity index (χ4v) is 4.36. The number of carbonyl (C=O) groups is 2. The Morgan fingerprint density at radius 2 is 1.94 bits per heavy atom. The number of hydrogen-bond acceptors (Lipinski definition) is 5. The summed E-state index contributed by atoms with van der Waals surface area (Å²) in [6.07, 6.45) is -3.38. The number of aromatic nitrogens is 2. The smallest absolute Gasteiger partial charge is 0.336 e. The van der Waals surface area contributed by atoms with E-state index in [2.05, 4.69) is 9.97 Å². The molecule has 3 aliphatic rings. The Balaban J connectivity index is 1.42. The van der Waals surface area contributed by atoms with Gasteiger partial charge < -0.3 is 15.5 Å². The number of alkyl halides is 5. The molecule has 0 spiro atoms. The summed E-state index contributed by atoms with van der Waals surface area (Å²) in [6.45, 7) is -0.958. The van der Waals surface area contributed by atoms with Crippen molar-refractivity contribution in [3.63, 3.8) is 0 Å². The summed E-state index contributed by atoms with van der Waals surface area (Å²) >= 11 is 0. The Bertz CT molecular complexity index is 934. The molecule has 3 heterocycles. The minimum absolute atomic E-state index is 0.0107. The van der Waals surface area contributed by atoms with Crippen LogP contribution in [0.1, 0.15) is 54.9 Å². The van der Waals surface area contributed by atoms with E-state index in [4.69, 9.17) is 5.73 Å². The molecular formula is C21H26F5N5O2. The third kappa shape index (κ3) is 5.77. The minimum Gasteiger partial charge on any atom is -0.336 e. The summed E-state index contributed by atoms with van der Waals surface area (Å²) in [5.74, 6) is -3.40. The molecule has 0 bridgehead atoms. The van der Waals surface area contributed by atoms with E-state index in [9.17, 15) is 31.5 Å². The maximum atomic E-state index is 13.6. The van der Waals surface area contributed by atoms with E-state index in [1.807, 2.05) is 0 Å². The predicted octanol–water partition coefficient (Wildman–Crippen LogP) is 2.31. The molecule has 1 saturated heterocycles. The molecule has 2 fully saturated rings. The number of nitrogens with zero attached hydrogens (tertiary/aromatic N) is 4. The summed E-state index contributed by atoms with van der Waals surface area (Å²) in [7, 11) is 0. The zero-order valence-corrected chi connectivity index (χ0v) is 18.0. The quantitative estimate of drug-likeness (QED) is 0.638. The van der Waals surface area contributed by atoms with E-state index in [-0.39, 0.29) is 56.0 Å². The highest BCUT2D eigenvalue weighted by Crippen LogP contribution is 2.36. The molecule has 2 amide bonds. The van der Waals surface area contributed by atoms with Gasteiger partial charge >= 0.3 is 6.18 Å². The summed E-state index contributed by atoms with van der Waals surface area (Å²) in [6, 6.07) is -0.863. The van der Waals surface area contributed by atoms with Gasteiger partial charge in [0.25, 0.3) is 5.92 Å². The fourth-order valence-electron chi connectivity index (χ4n) is 4.36. The van der Waals surface area contributed by atoms with Gasteiger partial charge in [0.15, 0.2) is 5.69 Å². The molecule has 2 N–H and O–H groups in total. The molecule has 1 aromatic heterocycles. The Labute approximate surface area is 187 Å². The highest BCUT2D eigenvalue weighted by molar-refractivity contribution is 5.78. The van der Waals surface area contributed by atoms with Crippen LogP contribution < -0.4 is 5.73 Å². The topological polar surface area (TPSA) is 92.4 Å². The minimum atomic E-state index is -4.61. The summed E-state index contributed by atoms with van der Waals surface area (Å²) in [5.41, 5.74) is 5.23. The van der Waals surface area contributed by atoms with Gasteiger partial charge in [-0.15, -0.1) is 0 Å². The van der Waals surface area contributed by atoms with Crippen LogP contribution in [-0.4, -0.2) is 63.2 Å². The fraction of sp³-hybridized carbons (Fsp3) is 0.714. The average Bonchev–Trinajstić information content (AvgIpc) is 3.52. The third-order valence-electron chi connectivity index (χ3n) is 6.27. The largest absolute Gasteiger partial charge is 0.433 e. The first-order valence-electron chi connectivity index (χ1n) is 11.1. The lowest BCUT2D eigenvalue weighted by molar-refractivity contribution is -0.148.